The Labute approximate surface area is 152 Å². The first-order valence-electron chi connectivity index (χ1n) is 7.98. The average Bonchev–Trinajstić information content (AvgIpc) is 2.53. The van der Waals surface area contributed by atoms with Crippen molar-refractivity contribution in [2.75, 3.05) is 12.3 Å². The molecule has 144 valence electrons. The first kappa shape index (κ1) is 23.2. The molecule has 3 atom stereocenters. The molecule has 0 aliphatic heterocycles. The summed E-state index contributed by atoms with van der Waals surface area (Å²) in [6.07, 6.45) is 0. The summed E-state index contributed by atoms with van der Waals surface area (Å²) in [5.74, 6) is -3.47. The van der Waals surface area contributed by atoms with E-state index in [1.54, 1.807) is 27.7 Å². The Balaban J connectivity index is 5.04. The fourth-order valence-electron chi connectivity index (χ4n) is 1.99. The van der Waals surface area contributed by atoms with Gasteiger partial charge in [0.2, 0.25) is 17.7 Å². The van der Waals surface area contributed by atoms with Crippen molar-refractivity contribution in [1.82, 2.24) is 16.0 Å². The summed E-state index contributed by atoms with van der Waals surface area (Å²) in [5, 5.41) is 16.5. The smallest absolute Gasteiger partial charge is 0.326 e. The first-order chi connectivity index (χ1) is 11.5. The summed E-state index contributed by atoms with van der Waals surface area (Å²) in [4.78, 5) is 47.2. The van der Waals surface area contributed by atoms with E-state index >= 15 is 0 Å². The van der Waals surface area contributed by atoms with E-state index < -0.39 is 41.8 Å². The lowest BCUT2D eigenvalue weighted by molar-refractivity contribution is -0.143. The van der Waals surface area contributed by atoms with Crippen LogP contribution >= 0.6 is 12.6 Å². The van der Waals surface area contributed by atoms with Crippen molar-refractivity contribution in [3.63, 3.8) is 0 Å². The quantitative estimate of drug-likeness (QED) is 0.262. The number of carboxylic acid groups (broad SMARTS) is 1. The van der Waals surface area contributed by atoms with Gasteiger partial charge in [-0.25, -0.2) is 4.79 Å². The number of aliphatic carboxylic acids is 1. The van der Waals surface area contributed by atoms with E-state index in [-0.39, 0.29) is 24.1 Å². The molecule has 0 aromatic rings. The van der Waals surface area contributed by atoms with Crippen LogP contribution in [-0.4, -0.2) is 59.2 Å². The second-order valence-corrected chi connectivity index (χ2v) is 6.67. The highest BCUT2D eigenvalue weighted by atomic mass is 32.1. The van der Waals surface area contributed by atoms with Crippen molar-refractivity contribution in [1.29, 1.82) is 0 Å². The van der Waals surface area contributed by atoms with Gasteiger partial charge in [-0.15, -0.1) is 0 Å². The monoisotopic (exact) mass is 376 g/mol. The SMILES string of the molecule is CC(C)C(NC(=O)C(CS)NC(=O)C(NC(=O)CN)C(C)C)C(=O)O. The number of amides is 3. The highest BCUT2D eigenvalue weighted by Gasteiger charge is 2.30. The van der Waals surface area contributed by atoms with Crippen LogP contribution in [0.3, 0.4) is 0 Å². The number of carboxylic acids is 1. The van der Waals surface area contributed by atoms with Crippen LogP contribution < -0.4 is 21.7 Å². The van der Waals surface area contributed by atoms with E-state index in [0.29, 0.717) is 0 Å². The molecule has 0 saturated heterocycles. The molecular formula is C15H28N4O5S. The van der Waals surface area contributed by atoms with Gasteiger partial charge in [-0.05, 0) is 11.8 Å². The number of nitrogens with two attached hydrogens (primary N) is 1. The third-order valence-electron chi connectivity index (χ3n) is 3.50. The van der Waals surface area contributed by atoms with Crippen molar-refractivity contribution in [3.05, 3.63) is 0 Å². The normalized spacial score (nSPS) is 14.6. The molecule has 0 aromatic carbocycles. The van der Waals surface area contributed by atoms with Crippen molar-refractivity contribution >= 4 is 36.3 Å². The number of rotatable bonds is 10. The van der Waals surface area contributed by atoms with Gasteiger partial charge in [0.25, 0.3) is 0 Å². The Morgan fingerprint density at radius 2 is 1.44 bits per heavy atom. The number of carbonyl (C=O) groups is 4. The van der Waals surface area contributed by atoms with Crippen LogP contribution in [0, 0.1) is 11.8 Å². The first-order valence-corrected chi connectivity index (χ1v) is 8.62. The summed E-state index contributed by atoms with van der Waals surface area (Å²) in [5.41, 5.74) is 5.23. The van der Waals surface area contributed by atoms with Crippen LogP contribution in [0.1, 0.15) is 27.7 Å². The molecule has 0 rings (SSSR count). The van der Waals surface area contributed by atoms with E-state index in [1.165, 1.54) is 0 Å². The summed E-state index contributed by atoms with van der Waals surface area (Å²) >= 11 is 4.03. The van der Waals surface area contributed by atoms with Gasteiger partial charge in [-0.3, -0.25) is 14.4 Å². The van der Waals surface area contributed by atoms with Gasteiger partial charge < -0.3 is 26.8 Å². The summed E-state index contributed by atoms with van der Waals surface area (Å²) in [6.45, 7) is 6.52. The minimum absolute atomic E-state index is 0.0301. The molecule has 0 aliphatic rings. The Bertz CT molecular complexity index is 498. The molecule has 10 heteroatoms. The van der Waals surface area contributed by atoms with E-state index in [2.05, 4.69) is 28.6 Å². The zero-order valence-corrected chi connectivity index (χ0v) is 15.8. The Morgan fingerprint density at radius 1 is 0.920 bits per heavy atom. The molecule has 0 bridgehead atoms. The number of nitrogens with one attached hydrogen (secondary N) is 3. The molecule has 6 N–H and O–H groups in total. The molecule has 0 radical (unpaired) electrons. The Morgan fingerprint density at radius 3 is 1.80 bits per heavy atom. The van der Waals surface area contributed by atoms with Gasteiger partial charge in [0.1, 0.15) is 18.1 Å². The molecule has 0 spiro atoms. The van der Waals surface area contributed by atoms with Crippen molar-refractivity contribution in [2.24, 2.45) is 17.6 Å². The Hall–Kier alpha value is -1.81. The van der Waals surface area contributed by atoms with Gasteiger partial charge >= 0.3 is 5.97 Å². The van der Waals surface area contributed by atoms with Crippen LogP contribution in [0.4, 0.5) is 0 Å². The average molecular weight is 376 g/mol. The molecule has 0 heterocycles. The lowest BCUT2D eigenvalue weighted by Crippen LogP contribution is -2.58. The molecular weight excluding hydrogens is 348 g/mol. The molecule has 9 nitrogen and oxygen atoms in total. The van der Waals surface area contributed by atoms with Gasteiger partial charge in [-0.1, -0.05) is 27.7 Å². The molecule has 0 fully saturated rings. The highest BCUT2D eigenvalue weighted by Crippen LogP contribution is 2.05. The molecule has 0 aliphatic carbocycles. The molecule has 0 saturated carbocycles. The van der Waals surface area contributed by atoms with Crippen molar-refractivity contribution in [2.45, 2.75) is 45.8 Å². The van der Waals surface area contributed by atoms with Gasteiger partial charge in [0.05, 0.1) is 6.54 Å². The molecule has 3 unspecified atom stereocenters. The minimum atomic E-state index is -1.16. The predicted molar refractivity (Wildman–Crippen MR) is 96.0 cm³/mol. The van der Waals surface area contributed by atoms with E-state index in [9.17, 15) is 19.2 Å². The summed E-state index contributed by atoms with van der Waals surface area (Å²) in [7, 11) is 0. The van der Waals surface area contributed by atoms with Gasteiger partial charge in [0.15, 0.2) is 0 Å². The number of hydrogen-bond acceptors (Lipinski definition) is 6. The minimum Gasteiger partial charge on any atom is -0.480 e. The fraction of sp³-hybridized carbons (Fsp3) is 0.733. The van der Waals surface area contributed by atoms with E-state index in [0.717, 1.165) is 0 Å². The summed E-state index contributed by atoms with van der Waals surface area (Å²) < 4.78 is 0. The molecule has 3 amide bonds. The molecule has 25 heavy (non-hydrogen) atoms. The maximum Gasteiger partial charge on any atom is 0.326 e. The standard InChI is InChI=1S/C15H28N4O5S/c1-7(2)11(18-10(20)5-16)14(22)17-9(6-25)13(21)19-12(8(3)4)15(23)24/h7-9,11-12,25H,5-6,16H2,1-4H3,(H,17,22)(H,18,20)(H,19,21)(H,23,24). The van der Waals surface area contributed by atoms with E-state index in [4.69, 9.17) is 10.8 Å². The number of carbonyl (C=O) groups excluding carboxylic acids is 3. The fourth-order valence-corrected chi connectivity index (χ4v) is 2.25. The van der Waals surface area contributed by atoms with Crippen molar-refractivity contribution in [3.8, 4) is 0 Å². The maximum atomic E-state index is 12.4. The van der Waals surface area contributed by atoms with Crippen LogP contribution in [0.15, 0.2) is 0 Å². The number of thiol groups is 1. The summed E-state index contributed by atoms with van der Waals surface area (Å²) in [6, 6.07) is -2.98. The third-order valence-corrected chi connectivity index (χ3v) is 3.86. The Kier molecular flexibility index (Phi) is 10.1. The molecule has 0 aromatic heterocycles. The van der Waals surface area contributed by atoms with Crippen LogP contribution in [-0.2, 0) is 19.2 Å². The second kappa shape index (κ2) is 10.9. The topological polar surface area (TPSA) is 151 Å². The number of hydrogen-bond donors (Lipinski definition) is 6. The van der Waals surface area contributed by atoms with E-state index in [1.807, 2.05) is 0 Å². The second-order valence-electron chi connectivity index (χ2n) is 6.31. The third kappa shape index (κ3) is 7.74. The lowest BCUT2D eigenvalue weighted by atomic mass is 10.0. The van der Waals surface area contributed by atoms with Crippen LogP contribution in [0.2, 0.25) is 0 Å². The van der Waals surface area contributed by atoms with Crippen LogP contribution in [0.5, 0.6) is 0 Å². The maximum absolute atomic E-state index is 12.4. The van der Waals surface area contributed by atoms with Gasteiger partial charge in [0, 0.05) is 5.75 Å². The largest absolute Gasteiger partial charge is 0.480 e. The van der Waals surface area contributed by atoms with Crippen LogP contribution in [0.25, 0.3) is 0 Å². The zero-order chi connectivity index (χ0) is 19.7. The van der Waals surface area contributed by atoms with Gasteiger partial charge in [-0.2, -0.15) is 12.6 Å². The highest BCUT2D eigenvalue weighted by molar-refractivity contribution is 7.80. The van der Waals surface area contributed by atoms with Crippen molar-refractivity contribution < 1.29 is 24.3 Å². The lowest BCUT2D eigenvalue weighted by Gasteiger charge is -2.26. The predicted octanol–water partition coefficient (Wildman–Crippen LogP) is -1.27. The zero-order valence-electron chi connectivity index (χ0n) is 14.9.